The summed E-state index contributed by atoms with van der Waals surface area (Å²) in [5, 5.41) is 12.4. The average molecular weight is 427 g/mol. The van der Waals surface area contributed by atoms with E-state index in [1.165, 1.54) is 19.3 Å². The first kappa shape index (κ1) is 19.7. The highest BCUT2D eigenvalue weighted by Gasteiger charge is 2.14. The molecule has 0 atom stereocenters. The highest BCUT2D eigenvalue weighted by Crippen LogP contribution is 2.25. The maximum atomic E-state index is 12.5. The van der Waals surface area contributed by atoms with Gasteiger partial charge < -0.3 is 10.2 Å². The molecule has 2 heterocycles. The topological polar surface area (TPSA) is 58.1 Å². The lowest BCUT2D eigenvalue weighted by Gasteiger charge is -2.27. The SMILES string of the molecule is O=C(Nc1cccc(-c2ccc(N3CCCCC3)nn2)c1)c1ccc(Cl)cc1Cl. The second kappa shape index (κ2) is 8.80. The Balaban J connectivity index is 1.50. The highest BCUT2D eigenvalue weighted by molar-refractivity contribution is 6.37. The van der Waals surface area contributed by atoms with Gasteiger partial charge in [0.1, 0.15) is 0 Å². The summed E-state index contributed by atoms with van der Waals surface area (Å²) in [4.78, 5) is 14.8. The van der Waals surface area contributed by atoms with E-state index in [1.54, 1.807) is 18.2 Å². The van der Waals surface area contributed by atoms with Crippen molar-refractivity contribution in [2.75, 3.05) is 23.3 Å². The quantitative estimate of drug-likeness (QED) is 0.581. The van der Waals surface area contributed by atoms with Crippen molar-refractivity contribution in [2.45, 2.75) is 19.3 Å². The third kappa shape index (κ3) is 4.69. The number of aromatic nitrogens is 2. The second-order valence-electron chi connectivity index (χ2n) is 6.98. The lowest BCUT2D eigenvalue weighted by molar-refractivity contribution is 0.102. The Labute approximate surface area is 179 Å². The summed E-state index contributed by atoms with van der Waals surface area (Å²) in [5.74, 6) is 0.616. The number of rotatable bonds is 4. The molecule has 1 aliphatic rings. The van der Waals surface area contributed by atoms with E-state index in [4.69, 9.17) is 23.2 Å². The van der Waals surface area contributed by atoms with Gasteiger partial charge in [-0.2, -0.15) is 0 Å². The normalized spacial score (nSPS) is 13.9. The number of amides is 1. The number of hydrogen-bond acceptors (Lipinski definition) is 4. The van der Waals surface area contributed by atoms with Gasteiger partial charge in [-0.25, -0.2) is 0 Å². The number of piperidine rings is 1. The molecule has 4 rings (SSSR count). The number of anilines is 2. The van der Waals surface area contributed by atoms with Gasteiger partial charge in [0.05, 0.1) is 16.3 Å². The van der Waals surface area contributed by atoms with Crippen LogP contribution < -0.4 is 10.2 Å². The third-order valence-electron chi connectivity index (χ3n) is 4.92. The standard InChI is InChI=1S/C22H20Cl2N4O/c23-16-7-8-18(19(24)14-16)22(29)25-17-6-4-5-15(13-17)20-9-10-21(27-26-20)28-11-2-1-3-12-28/h4-10,13-14H,1-3,11-12H2,(H,25,29). The molecule has 148 valence electrons. The zero-order chi connectivity index (χ0) is 20.2. The van der Waals surface area contributed by atoms with Gasteiger partial charge in [0.25, 0.3) is 5.91 Å². The largest absolute Gasteiger partial charge is 0.355 e. The van der Waals surface area contributed by atoms with E-state index in [9.17, 15) is 4.79 Å². The van der Waals surface area contributed by atoms with Crippen molar-refractivity contribution in [1.82, 2.24) is 10.2 Å². The zero-order valence-electron chi connectivity index (χ0n) is 15.7. The molecule has 0 spiro atoms. The van der Waals surface area contributed by atoms with Gasteiger partial charge in [-0.1, -0.05) is 35.3 Å². The predicted molar refractivity (Wildman–Crippen MR) is 118 cm³/mol. The van der Waals surface area contributed by atoms with Gasteiger partial charge in [0, 0.05) is 29.4 Å². The molecule has 0 unspecified atom stereocenters. The Bertz CT molecular complexity index is 1020. The Hall–Kier alpha value is -2.63. The molecule has 2 aromatic carbocycles. The van der Waals surface area contributed by atoms with Crippen molar-refractivity contribution < 1.29 is 4.79 Å². The highest BCUT2D eigenvalue weighted by atomic mass is 35.5. The summed E-state index contributed by atoms with van der Waals surface area (Å²) < 4.78 is 0. The van der Waals surface area contributed by atoms with Crippen LogP contribution in [-0.2, 0) is 0 Å². The van der Waals surface area contributed by atoms with Crippen molar-refractivity contribution in [2.24, 2.45) is 0 Å². The molecular formula is C22H20Cl2N4O. The minimum absolute atomic E-state index is 0.296. The van der Waals surface area contributed by atoms with E-state index in [1.807, 2.05) is 36.4 Å². The number of nitrogens with one attached hydrogen (secondary N) is 1. The Morgan fingerprint density at radius 2 is 1.76 bits per heavy atom. The molecule has 0 saturated carbocycles. The van der Waals surface area contributed by atoms with Crippen molar-refractivity contribution >= 4 is 40.6 Å². The fourth-order valence-corrected chi connectivity index (χ4v) is 3.89. The van der Waals surface area contributed by atoms with Crippen LogP contribution in [0.15, 0.2) is 54.6 Å². The van der Waals surface area contributed by atoms with Crippen LogP contribution in [-0.4, -0.2) is 29.2 Å². The summed E-state index contributed by atoms with van der Waals surface area (Å²) in [6.07, 6.45) is 3.67. The first-order chi connectivity index (χ1) is 14.1. The van der Waals surface area contributed by atoms with Gasteiger partial charge >= 0.3 is 0 Å². The first-order valence-corrected chi connectivity index (χ1v) is 10.3. The Morgan fingerprint density at radius 3 is 2.48 bits per heavy atom. The first-order valence-electron chi connectivity index (χ1n) is 9.56. The summed E-state index contributed by atoms with van der Waals surface area (Å²) >= 11 is 12.0. The lowest BCUT2D eigenvalue weighted by atomic mass is 10.1. The van der Waals surface area contributed by atoms with Gasteiger partial charge in [-0.15, -0.1) is 10.2 Å². The molecule has 7 heteroatoms. The fraction of sp³-hybridized carbons (Fsp3) is 0.227. The Kier molecular flexibility index (Phi) is 5.97. The number of nitrogens with zero attached hydrogens (tertiary/aromatic N) is 3. The van der Waals surface area contributed by atoms with E-state index in [0.29, 0.717) is 21.3 Å². The van der Waals surface area contributed by atoms with E-state index in [2.05, 4.69) is 20.4 Å². The van der Waals surface area contributed by atoms with Crippen LogP contribution in [0.25, 0.3) is 11.3 Å². The third-order valence-corrected chi connectivity index (χ3v) is 5.47. The molecule has 29 heavy (non-hydrogen) atoms. The van der Waals surface area contributed by atoms with Gasteiger partial charge in [-0.05, 0) is 61.7 Å². The van der Waals surface area contributed by atoms with Crippen LogP contribution >= 0.6 is 23.2 Å². The van der Waals surface area contributed by atoms with Crippen LogP contribution in [0.1, 0.15) is 29.6 Å². The van der Waals surface area contributed by atoms with E-state index in [0.717, 1.165) is 30.2 Å². The number of benzene rings is 2. The lowest BCUT2D eigenvalue weighted by Crippen LogP contribution is -2.30. The predicted octanol–water partition coefficient (Wildman–Crippen LogP) is 5.69. The minimum atomic E-state index is -0.296. The number of carbonyl (C=O) groups excluding carboxylic acids is 1. The number of halogens is 2. The Morgan fingerprint density at radius 1 is 0.931 bits per heavy atom. The van der Waals surface area contributed by atoms with Crippen LogP contribution in [0.2, 0.25) is 10.0 Å². The van der Waals surface area contributed by atoms with E-state index >= 15 is 0 Å². The molecule has 1 saturated heterocycles. The monoisotopic (exact) mass is 426 g/mol. The van der Waals surface area contributed by atoms with Crippen molar-refractivity contribution in [1.29, 1.82) is 0 Å². The smallest absolute Gasteiger partial charge is 0.257 e. The summed E-state index contributed by atoms with van der Waals surface area (Å²) in [6.45, 7) is 2.06. The van der Waals surface area contributed by atoms with Crippen LogP contribution in [0.5, 0.6) is 0 Å². The molecule has 0 bridgehead atoms. The summed E-state index contributed by atoms with van der Waals surface area (Å²) in [6, 6.07) is 16.3. The molecule has 1 fully saturated rings. The van der Waals surface area contributed by atoms with E-state index < -0.39 is 0 Å². The molecule has 3 aromatic rings. The number of carbonyl (C=O) groups is 1. The van der Waals surface area contributed by atoms with Crippen molar-refractivity contribution in [3.05, 3.63) is 70.2 Å². The molecule has 0 aliphatic carbocycles. The van der Waals surface area contributed by atoms with Crippen LogP contribution in [0.4, 0.5) is 11.5 Å². The van der Waals surface area contributed by atoms with Gasteiger partial charge in [0.15, 0.2) is 5.82 Å². The summed E-state index contributed by atoms with van der Waals surface area (Å²) in [7, 11) is 0. The maximum Gasteiger partial charge on any atom is 0.257 e. The molecular weight excluding hydrogens is 407 g/mol. The fourth-order valence-electron chi connectivity index (χ4n) is 3.40. The molecule has 5 nitrogen and oxygen atoms in total. The second-order valence-corrected chi connectivity index (χ2v) is 7.83. The molecule has 1 N–H and O–H groups in total. The van der Waals surface area contributed by atoms with Crippen LogP contribution in [0, 0.1) is 0 Å². The number of hydrogen-bond donors (Lipinski definition) is 1. The van der Waals surface area contributed by atoms with Gasteiger partial charge in [-0.3, -0.25) is 4.79 Å². The van der Waals surface area contributed by atoms with Gasteiger partial charge in [0.2, 0.25) is 0 Å². The average Bonchev–Trinajstić information content (AvgIpc) is 2.74. The molecule has 1 aliphatic heterocycles. The summed E-state index contributed by atoms with van der Waals surface area (Å²) in [5.41, 5.74) is 2.65. The van der Waals surface area contributed by atoms with Crippen molar-refractivity contribution in [3.63, 3.8) is 0 Å². The van der Waals surface area contributed by atoms with E-state index in [-0.39, 0.29) is 5.91 Å². The maximum absolute atomic E-state index is 12.5. The van der Waals surface area contributed by atoms with Crippen molar-refractivity contribution in [3.8, 4) is 11.3 Å². The van der Waals surface area contributed by atoms with Crippen LogP contribution in [0.3, 0.4) is 0 Å². The molecule has 1 amide bonds. The minimum Gasteiger partial charge on any atom is -0.355 e. The molecule has 1 aromatic heterocycles. The zero-order valence-corrected chi connectivity index (χ0v) is 17.2. The molecule has 0 radical (unpaired) electrons.